The average molecular weight is 448 g/mol. The first kappa shape index (κ1) is 22.7. The maximum Gasteiger partial charge on any atom is 0.414 e. The second-order valence-electron chi connectivity index (χ2n) is 6.97. The van der Waals surface area contributed by atoms with Gasteiger partial charge in [0.1, 0.15) is 6.61 Å². The Balaban J connectivity index is 1.63. The lowest BCUT2D eigenvalue weighted by molar-refractivity contribution is -0.125. The predicted molar refractivity (Wildman–Crippen MR) is 117 cm³/mol. The fourth-order valence-electron chi connectivity index (χ4n) is 3.13. The van der Waals surface area contributed by atoms with Gasteiger partial charge in [0, 0.05) is 29.3 Å². The molecule has 1 aliphatic heterocycles. The van der Waals surface area contributed by atoms with E-state index in [0.29, 0.717) is 29.4 Å². The van der Waals surface area contributed by atoms with Crippen LogP contribution in [0.2, 0.25) is 0 Å². The molecule has 1 fully saturated rings. The zero-order valence-corrected chi connectivity index (χ0v) is 18.2. The van der Waals surface area contributed by atoms with Crippen molar-refractivity contribution in [2.45, 2.75) is 13.0 Å². The normalized spacial score (nSPS) is 14.8. The molecule has 3 amide bonds. The number of anilines is 2. The van der Waals surface area contributed by atoms with E-state index in [1.165, 1.54) is 23.3 Å². The SMILES string of the molecule is COC(=O)N(C[C@@H](O)CNC(=O)c1ccc(C)s1)c1ccc(N2CCOCC2=O)cc1. The molecule has 2 heterocycles. The summed E-state index contributed by atoms with van der Waals surface area (Å²) in [4.78, 5) is 40.9. The van der Waals surface area contributed by atoms with Crippen molar-refractivity contribution in [3.05, 3.63) is 46.2 Å². The summed E-state index contributed by atoms with van der Waals surface area (Å²) < 4.78 is 9.97. The van der Waals surface area contributed by atoms with Gasteiger partial charge in [-0.15, -0.1) is 11.3 Å². The summed E-state index contributed by atoms with van der Waals surface area (Å²) in [6.07, 6.45) is -1.65. The Bertz CT molecular complexity index is 929. The number of aryl methyl sites for hydroxylation is 1. The fraction of sp³-hybridized carbons (Fsp3) is 0.381. The van der Waals surface area contributed by atoms with Crippen LogP contribution in [0.4, 0.5) is 16.2 Å². The van der Waals surface area contributed by atoms with Crippen LogP contribution in [-0.2, 0) is 14.3 Å². The largest absolute Gasteiger partial charge is 0.452 e. The number of carbonyl (C=O) groups excluding carboxylic acids is 3. The number of thiophene rings is 1. The van der Waals surface area contributed by atoms with E-state index in [0.717, 1.165) is 4.88 Å². The quantitative estimate of drug-likeness (QED) is 0.670. The van der Waals surface area contributed by atoms with E-state index in [9.17, 15) is 19.5 Å². The van der Waals surface area contributed by atoms with Crippen LogP contribution in [-0.4, -0.2) is 69.1 Å². The van der Waals surface area contributed by atoms with Gasteiger partial charge in [0.15, 0.2) is 0 Å². The second-order valence-corrected chi connectivity index (χ2v) is 8.26. The lowest BCUT2D eigenvalue weighted by atomic mass is 10.2. The third-order valence-electron chi connectivity index (χ3n) is 4.71. The topological polar surface area (TPSA) is 108 Å². The van der Waals surface area contributed by atoms with Crippen molar-refractivity contribution in [1.29, 1.82) is 0 Å². The maximum absolute atomic E-state index is 12.3. The summed E-state index contributed by atoms with van der Waals surface area (Å²) in [5, 5.41) is 13.1. The number of nitrogens with one attached hydrogen (secondary N) is 1. The molecule has 0 radical (unpaired) electrons. The molecule has 10 heteroatoms. The van der Waals surface area contributed by atoms with Crippen molar-refractivity contribution in [2.75, 3.05) is 49.8 Å². The number of nitrogens with zero attached hydrogens (tertiary/aromatic N) is 2. The number of aliphatic hydroxyl groups is 1. The number of ether oxygens (including phenoxy) is 2. The van der Waals surface area contributed by atoms with E-state index in [1.54, 1.807) is 35.2 Å². The molecule has 1 aromatic heterocycles. The summed E-state index contributed by atoms with van der Waals surface area (Å²) in [5.41, 5.74) is 1.19. The van der Waals surface area contributed by atoms with Gasteiger partial charge in [0.2, 0.25) is 0 Å². The van der Waals surface area contributed by atoms with Crippen molar-refractivity contribution in [1.82, 2.24) is 5.32 Å². The second kappa shape index (κ2) is 10.4. The number of benzene rings is 1. The minimum Gasteiger partial charge on any atom is -0.452 e. The summed E-state index contributed by atoms with van der Waals surface area (Å²) >= 11 is 1.37. The van der Waals surface area contributed by atoms with E-state index >= 15 is 0 Å². The molecule has 166 valence electrons. The fourth-order valence-corrected chi connectivity index (χ4v) is 3.91. The number of aliphatic hydroxyl groups excluding tert-OH is 1. The minimum absolute atomic E-state index is 0.0242. The smallest absolute Gasteiger partial charge is 0.414 e. The standard InChI is InChI=1S/C21H25N3O6S/c1-14-3-8-18(31-14)20(27)22-11-17(25)12-24(21(28)29-2)16-6-4-15(5-7-16)23-9-10-30-13-19(23)26/h3-8,17,25H,9-13H2,1-2H3,(H,22,27)/t17-/m0/s1. The molecular weight excluding hydrogens is 422 g/mol. The van der Waals surface area contributed by atoms with Crippen molar-refractivity contribution >= 4 is 40.6 Å². The van der Waals surface area contributed by atoms with Gasteiger partial charge in [-0.3, -0.25) is 14.5 Å². The number of amides is 3. The van der Waals surface area contributed by atoms with Crippen molar-refractivity contribution in [3.63, 3.8) is 0 Å². The number of hydrogen-bond acceptors (Lipinski definition) is 7. The Morgan fingerprint density at radius 1 is 1.29 bits per heavy atom. The lowest BCUT2D eigenvalue weighted by Gasteiger charge is -2.28. The highest BCUT2D eigenvalue weighted by Crippen LogP contribution is 2.23. The first-order chi connectivity index (χ1) is 14.9. The van der Waals surface area contributed by atoms with E-state index in [2.05, 4.69) is 5.32 Å². The van der Waals surface area contributed by atoms with Crippen LogP contribution >= 0.6 is 11.3 Å². The van der Waals surface area contributed by atoms with E-state index in [-0.39, 0.29) is 31.5 Å². The number of rotatable bonds is 7. The summed E-state index contributed by atoms with van der Waals surface area (Å²) in [6.45, 7) is 2.77. The Kier molecular flexibility index (Phi) is 7.61. The predicted octanol–water partition coefficient (Wildman–Crippen LogP) is 1.78. The Morgan fingerprint density at radius 3 is 2.65 bits per heavy atom. The monoisotopic (exact) mass is 447 g/mol. The molecule has 31 heavy (non-hydrogen) atoms. The zero-order valence-electron chi connectivity index (χ0n) is 17.4. The molecule has 0 spiro atoms. The lowest BCUT2D eigenvalue weighted by Crippen LogP contribution is -2.43. The van der Waals surface area contributed by atoms with Gasteiger partial charge in [-0.05, 0) is 43.3 Å². The molecule has 0 saturated carbocycles. The highest BCUT2D eigenvalue weighted by atomic mass is 32.1. The molecule has 1 saturated heterocycles. The van der Waals surface area contributed by atoms with Gasteiger partial charge in [-0.2, -0.15) is 0 Å². The molecule has 0 unspecified atom stereocenters. The van der Waals surface area contributed by atoms with Crippen LogP contribution in [0.3, 0.4) is 0 Å². The molecular formula is C21H25N3O6S. The number of hydrogen-bond donors (Lipinski definition) is 2. The van der Waals surface area contributed by atoms with Crippen molar-refractivity contribution in [3.8, 4) is 0 Å². The molecule has 1 atom stereocenters. The molecule has 9 nitrogen and oxygen atoms in total. The van der Waals surface area contributed by atoms with Crippen LogP contribution in [0.5, 0.6) is 0 Å². The van der Waals surface area contributed by atoms with Crippen LogP contribution < -0.4 is 15.1 Å². The van der Waals surface area contributed by atoms with Gasteiger partial charge in [-0.25, -0.2) is 4.79 Å². The summed E-state index contributed by atoms with van der Waals surface area (Å²) in [7, 11) is 1.25. The molecule has 0 aliphatic carbocycles. The Labute approximate surface area is 184 Å². The molecule has 3 rings (SSSR count). The molecule has 0 bridgehead atoms. The summed E-state index contributed by atoms with van der Waals surface area (Å²) in [6, 6.07) is 10.4. The average Bonchev–Trinajstić information content (AvgIpc) is 3.22. The molecule has 1 aromatic carbocycles. The van der Waals surface area contributed by atoms with Crippen molar-refractivity contribution in [2.24, 2.45) is 0 Å². The van der Waals surface area contributed by atoms with E-state index in [1.807, 2.05) is 13.0 Å². The van der Waals surface area contributed by atoms with Crippen LogP contribution in [0.1, 0.15) is 14.5 Å². The first-order valence-electron chi connectivity index (χ1n) is 9.75. The van der Waals surface area contributed by atoms with Gasteiger partial charge >= 0.3 is 6.09 Å². The number of morpholine rings is 1. The van der Waals surface area contributed by atoms with Crippen LogP contribution in [0, 0.1) is 6.92 Å². The number of carbonyl (C=O) groups is 3. The molecule has 2 aromatic rings. The molecule has 1 aliphatic rings. The van der Waals surface area contributed by atoms with Crippen molar-refractivity contribution < 1.29 is 29.0 Å². The highest BCUT2D eigenvalue weighted by Gasteiger charge is 2.23. The maximum atomic E-state index is 12.3. The van der Waals surface area contributed by atoms with Crippen LogP contribution in [0.25, 0.3) is 0 Å². The Hall–Kier alpha value is -2.95. The summed E-state index contributed by atoms with van der Waals surface area (Å²) in [5.74, 6) is -0.405. The highest BCUT2D eigenvalue weighted by molar-refractivity contribution is 7.13. The van der Waals surface area contributed by atoms with Gasteiger partial charge in [0.05, 0.1) is 31.2 Å². The van der Waals surface area contributed by atoms with E-state index in [4.69, 9.17) is 9.47 Å². The van der Waals surface area contributed by atoms with Crippen LogP contribution in [0.15, 0.2) is 36.4 Å². The molecule has 2 N–H and O–H groups in total. The third kappa shape index (κ3) is 5.81. The number of methoxy groups -OCH3 is 1. The van der Waals surface area contributed by atoms with Gasteiger partial charge in [0.25, 0.3) is 11.8 Å². The first-order valence-corrected chi connectivity index (χ1v) is 10.6. The van der Waals surface area contributed by atoms with E-state index < -0.39 is 12.2 Å². The zero-order chi connectivity index (χ0) is 22.4. The Morgan fingerprint density at radius 2 is 2.03 bits per heavy atom. The van der Waals surface area contributed by atoms with Gasteiger partial charge < -0.3 is 24.8 Å². The van der Waals surface area contributed by atoms with Gasteiger partial charge in [-0.1, -0.05) is 0 Å². The third-order valence-corrected chi connectivity index (χ3v) is 5.71. The minimum atomic E-state index is -1.01.